The highest BCUT2D eigenvalue weighted by molar-refractivity contribution is 7.80. The van der Waals surface area contributed by atoms with Crippen LogP contribution in [0.2, 0.25) is 0 Å². The van der Waals surface area contributed by atoms with Crippen molar-refractivity contribution < 1.29 is 9.84 Å². The molecule has 72 valence electrons. The Morgan fingerprint density at radius 3 is 2.46 bits per heavy atom. The second-order valence-corrected chi connectivity index (χ2v) is 3.96. The van der Waals surface area contributed by atoms with E-state index in [2.05, 4.69) is 12.6 Å². The average molecular weight is 198 g/mol. The predicted octanol–water partition coefficient (Wildman–Crippen LogP) is 2.21. The monoisotopic (exact) mass is 198 g/mol. The summed E-state index contributed by atoms with van der Waals surface area (Å²) in [7, 11) is 1.58. The molecule has 13 heavy (non-hydrogen) atoms. The Morgan fingerprint density at radius 2 is 2.00 bits per heavy atom. The molecular formula is C10H14O2S. The number of thiol groups is 1. The third-order valence-electron chi connectivity index (χ3n) is 1.84. The van der Waals surface area contributed by atoms with Crippen molar-refractivity contribution >= 4 is 12.6 Å². The summed E-state index contributed by atoms with van der Waals surface area (Å²) in [6, 6.07) is 5.44. The first kappa shape index (κ1) is 10.4. The quantitative estimate of drug-likeness (QED) is 0.713. The normalized spacial score (nSPS) is 11.5. The number of aliphatic hydroxyl groups is 1. The maximum atomic E-state index is 9.79. The molecule has 1 aromatic carbocycles. The summed E-state index contributed by atoms with van der Waals surface area (Å²) in [4.78, 5) is 0.824. The fourth-order valence-corrected chi connectivity index (χ4v) is 1.38. The van der Waals surface area contributed by atoms with Gasteiger partial charge in [-0.1, -0.05) is 6.07 Å². The fraction of sp³-hybridized carbons (Fsp3) is 0.400. The Labute approximate surface area is 84.0 Å². The van der Waals surface area contributed by atoms with Crippen LogP contribution >= 0.6 is 12.6 Å². The van der Waals surface area contributed by atoms with Gasteiger partial charge in [0, 0.05) is 10.5 Å². The SMILES string of the molecule is COc1cc(S)ccc1C(C)(C)O. The van der Waals surface area contributed by atoms with Crippen LogP contribution in [0, 0.1) is 0 Å². The van der Waals surface area contributed by atoms with Crippen LogP contribution < -0.4 is 4.74 Å². The standard InChI is InChI=1S/C10H14O2S/c1-10(2,11)8-5-4-7(13)6-9(8)12-3/h4-6,11,13H,1-3H3. The Hall–Kier alpha value is -0.670. The van der Waals surface area contributed by atoms with E-state index < -0.39 is 5.60 Å². The van der Waals surface area contributed by atoms with Crippen LogP contribution in [0.4, 0.5) is 0 Å². The summed E-state index contributed by atoms with van der Waals surface area (Å²) in [5.41, 5.74) is -0.111. The zero-order chi connectivity index (χ0) is 10.1. The van der Waals surface area contributed by atoms with Crippen LogP contribution in [-0.4, -0.2) is 12.2 Å². The largest absolute Gasteiger partial charge is 0.496 e. The number of benzene rings is 1. The molecule has 0 aliphatic carbocycles. The van der Waals surface area contributed by atoms with Gasteiger partial charge in [-0.15, -0.1) is 12.6 Å². The number of ether oxygens (including phenoxy) is 1. The molecular weight excluding hydrogens is 184 g/mol. The summed E-state index contributed by atoms with van der Waals surface area (Å²) in [5.74, 6) is 0.667. The van der Waals surface area contributed by atoms with Gasteiger partial charge in [-0.25, -0.2) is 0 Å². The number of methoxy groups -OCH3 is 1. The lowest BCUT2D eigenvalue weighted by molar-refractivity contribution is 0.0756. The van der Waals surface area contributed by atoms with Crippen molar-refractivity contribution in [2.24, 2.45) is 0 Å². The van der Waals surface area contributed by atoms with Crippen LogP contribution in [-0.2, 0) is 5.60 Å². The maximum Gasteiger partial charge on any atom is 0.126 e. The summed E-state index contributed by atoms with van der Waals surface area (Å²) in [6.07, 6.45) is 0. The lowest BCUT2D eigenvalue weighted by Crippen LogP contribution is -2.16. The molecule has 0 heterocycles. The van der Waals surface area contributed by atoms with Gasteiger partial charge >= 0.3 is 0 Å². The zero-order valence-electron chi connectivity index (χ0n) is 8.03. The van der Waals surface area contributed by atoms with E-state index in [1.165, 1.54) is 0 Å². The molecule has 0 aromatic heterocycles. The number of rotatable bonds is 2. The van der Waals surface area contributed by atoms with Crippen molar-refractivity contribution in [2.75, 3.05) is 7.11 Å². The van der Waals surface area contributed by atoms with Crippen molar-refractivity contribution in [3.63, 3.8) is 0 Å². The molecule has 1 aromatic rings. The topological polar surface area (TPSA) is 29.5 Å². The minimum Gasteiger partial charge on any atom is -0.496 e. The maximum absolute atomic E-state index is 9.79. The molecule has 0 amide bonds. The highest BCUT2D eigenvalue weighted by atomic mass is 32.1. The highest BCUT2D eigenvalue weighted by Crippen LogP contribution is 2.30. The van der Waals surface area contributed by atoms with E-state index in [-0.39, 0.29) is 0 Å². The molecule has 3 heteroatoms. The first-order valence-corrected chi connectivity index (χ1v) is 4.49. The first-order chi connectivity index (χ1) is 5.95. The Bertz CT molecular complexity index is 302. The first-order valence-electron chi connectivity index (χ1n) is 4.05. The van der Waals surface area contributed by atoms with Gasteiger partial charge in [-0.2, -0.15) is 0 Å². The molecule has 0 atom stereocenters. The Balaban J connectivity index is 3.22. The minimum absolute atomic E-state index is 0.667. The van der Waals surface area contributed by atoms with Crippen LogP contribution in [0.5, 0.6) is 5.75 Å². The molecule has 0 aliphatic heterocycles. The van der Waals surface area contributed by atoms with E-state index >= 15 is 0 Å². The summed E-state index contributed by atoms with van der Waals surface area (Å²) >= 11 is 4.19. The lowest BCUT2D eigenvalue weighted by Gasteiger charge is -2.20. The molecule has 0 bridgehead atoms. The van der Waals surface area contributed by atoms with Gasteiger partial charge in [0.2, 0.25) is 0 Å². The second kappa shape index (κ2) is 3.60. The van der Waals surface area contributed by atoms with Gasteiger partial charge in [0.05, 0.1) is 12.7 Å². The van der Waals surface area contributed by atoms with E-state index in [0.717, 1.165) is 10.5 Å². The molecule has 0 spiro atoms. The molecule has 0 saturated carbocycles. The van der Waals surface area contributed by atoms with Gasteiger partial charge in [0.1, 0.15) is 5.75 Å². The molecule has 0 radical (unpaired) electrons. The summed E-state index contributed by atoms with van der Waals surface area (Å²) in [6.45, 7) is 3.45. The van der Waals surface area contributed by atoms with Gasteiger partial charge in [-0.3, -0.25) is 0 Å². The molecule has 0 saturated heterocycles. The van der Waals surface area contributed by atoms with Crippen molar-refractivity contribution in [2.45, 2.75) is 24.3 Å². The Morgan fingerprint density at radius 1 is 1.38 bits per heavy atom. The van der Waals surface area contributed by atoms with Crippen LogP contribution in [0.25, 0.3) is 0 Å². The van der Waals surface area contributed by atoms with E-state index in [9.17, 15) is 5.11 Å². The third kappa shape index (κ3) is 2.39. The summed E-state index contributed by atoms with van der Waals surface area (Å²) < 4.78 is 5.14. The zero-order valence-corrected chi connectivity index (χ0v) is 8.93. The van der Waals surface area contributed by atoms with E-state index in [1.54, 1.807) is 27.0 Å². The van der Waals surface area contributed by atoms with Crippen LogP contribution in [0.3, 0.4) is 0 Å². The number of hydrogen-bond acceptors (Lipinski definition) is 3. The third-order valence-corrected chi connectivity index (χ3v) is 2.12. The molecule has 0 unspecified atom stereocenters. The molecule has 0 aliphatic rings. The number of hydrogen-bond donors (Lipinski definition) is 2. The van der Waals surface area contributed by atoms with Gasteiger partial charge in [0.25, 0.3) is 0 Å². The highest BCUT2D eigenvalue weighted by Gasteiger charge is 2.20. The predicted molar refractivity (Wildman–Crippen MR) is 55.5 cm³/mol. The van der Waals surface area contributed by atoms with Crippen molar-refractivity contribution in [3.05, 3.63) is 23.8 Å². The van der Waals surface area contributed by atoms with E-state index in [0.29, 0.717) is 5.75 Å². The van der Waals surface area contributed by atoms with E-state index in [4.69, 9.17) is 4.74 Å². The van der Waals surface area contributed by atoms with E-state index in [1.807, 2.05) is 12.1 Å². The van der Waals surface area contributed by atoms with Gasteiger partial charge < -0.3 is 9.84 Å². The van der Waals surface area contributed by atoms with Crippen LogP contribution in [0.1, 0.15) is 19.4 Å². The Kier molecular flexibility index (Phi) is 2.88. The molecule has 1 rings (SSSR count). The summed E-state index contributed by atoms with van der Waals surface area (Å²) in [5, 5.41) is 9.79. The second-order valence-electron chi connectivity index (χ2n) is 3.44. The van der Waals surface area contributed by atoms with Crippen molar-refractivity contribution in [3.8, 4) is 5.75 Å². The van der Waals surface area contributed by atoms with Crippen molar-refractivity contribution in [1.82, 2.24) is 0 Å². The molecule has 0 fully saturated rings. The smallest absolute Gasteiger partial charge is 0.126 e. The van der Waals surface area contributed by atoms with Gasteiger partial charge in [0.15, 0.2) is 0 Å². The van der Waals surface area contributed by atoms with Gasteiger partial charge in [-0.05, 0) is 26.0 Å². The molecule has 1 N–H and O–H groups in total. The van der Waals surface area contributed by atoms with Crippen molar-refractivity contribution in [1.29, 1.82) is 0 Å². The average Bonchev–Trinajstić information content (AvgIpc) is 2.01. The molecule has 2 nitrogen and oxygen atoms in total. The minimum atomic E-state index is -0.882. The lowest BCUT2D eigenvalue weighted by atomic mass is 9.97. The van der Waals surface area contributed by atoms with Crippen LogP contribution in [0.15, 0.2) is 23.1 Å². The fourth-order valence-electron chi connectivity index (χ4n) is 1.19.